The van der Waals surface area contributed by atoms with Crippen LogP contribution in [0.4, 0.5) is 10.5 Å². The lowest BCUT2D eigenvalue weighted by Crippen LogP contribution is -2.47. The van der Waals surface area contributed by atoms with Crippen molar-refractivity contribution in [1.29, 1.82) is 0 Å². The molecule has 1 saturated heterocycles. The zero-order valence-corrected chi connectivity index (χ0v) is 14.6. The van der Waals surface area contributed by atoms with Gasteiger partial charge in [-0.15, -0.1) is 11.8 Å². The van der Waals surface area contributed by atoms with Gasteiger partial charge in [-0.1, -0.05) is 13.3 Å². The molecule has 1 aromatic rings. The number of halogens is 1. The first-order chi connectivity index (χ1) is 10.0. The number of carbonyl (C=O) groups is 2. The van der Waals surface area contributed by atoms with Crippen molar-refractivity contribution in [2.45, 2.75) is 31.2 Å². The van der Waals surface area contributed by atoms with Crippen molar-refractivity contribution >= 4 is 52.0 Å². The van der Waals surface area contributed by atoms with Gasteiger partial charge < -0.3 is 10.4 Å². The van der Waals surface area contributed by atoms with Crippen LogP contribution in [0, 0.1) is 3.57 Å². The van der Waals surface area contributed by atoms with E-state index in [1.54, 1.807) is 0 Å². The van der Waals surface area contributed by atoms with Crippen LogP contribution >= 0.6 is 34.4 Å². The number of hydrogen-bond donors (Lipinski definition) is 2. The maximum Gasteiger partial charge on any atom is 0.327 e. The number of nitrogens with one attached hydrogen (secondary N) is 1. The van der Waals surface area contributed by atoms with E-state index in [0.29, 0.717) is 11.4 Å². The molecule has 0 spiro atoms. The number of anilines is 1. The molecule has 114 valence electrons. The fourth-order valence-corrected chi connectivity index (χ4v) is 4.09. The van der Waals surface area contributed by atoms with E-state index in [1.165, 1.54) is 16.7 Å². The highest BCUT2D eigenvalue weighted by atomic mass is 127. The van der Waals surface area contributed by atoms with Gasteiger partial charge in [0.2, 0.25) is 0 Å². The lowest BCUT2D eigenvalue weighted by Gasteiger charge is -2.27. The fourth-order valence-electron chi connectivity index (χ4n) is 2.22. The van der Waals surface area contributed by atoms with Gasteiger partial charge in [-0.05, 0) is 53.3 Å². The summed E-state index contributed by atoms with van der Waals surface area (Å²) >= 11 is 3.73. The van der Waals surface area contributed by atoms with Crippen LogP contribution in [0.15, 0.2) is 24.3 Å². The van der Waals surface area contributed by atoms with Crippen molar-refractivity contribution in [3.63, 3.8) is 0 Å². The number of hydrogen-bond acceptors (Lipinski definition) is 3. The maximum absolute atomic E-state index is 12.4. The minimum absolute atomic E-state index is 0.0695. The Morgan fingerprint density at radius 2 is 2.10 bits per heavy atom. The molecule has 1 aliphatic heterocycles. The van der Waals surface area contributed by atoms with Crippen molar-refractivity contribution in [2.24, 2.45) is 0 Å². The summed E-state index contributed by atoms with van der Waals surface area (Å²) in [6.07, 6.45) is 1.71. The average molecular weight is 420 g/mol. The van der Waals surface area contributed by atoms with Crippen LogP contribution in [-0.2, 0) is 4.79 Å². The Kier molecular flexibility index (Phi) is 5.74. The van der Waals surface area contributed by atoms with Crippen molar-refractivity contribution in [2.75, 3.05) is 11.1 Å². The quantitative estimate of drug-likeness (QED) is 0.733. The number of urea groups is 1. The lowest BCUT2D eigenvalue weighted by atomic mass is 10.2. The number of rotatable bonds is 4. The molecule has 1 fully saturated rings. The Labute approximate surface area is 141 Å². The summed E-state index contributed by atoms with van der Waals surface area (Å²) in [7, 11) is 0. The minimum Gasteiger partial charge on any atom is -0.480 e. The molecule has 1 heterocycles. The van der Waals surface area contributed by atoms with Crippen molar-refractivity contribution in [1.82, 2.24) is 4.90 Å². The van der Waals surface area contributed by atoms with Crippen LogP contribution in [0.2, 0.25) is 0 Å². The predicted octanol–water partition coefficient (Wildman–Crippen LogP) is 3.45. The molecule has 0 radical (unpaired) electrons. The third-order valence-electron chi connectivity index (χ3n) is 3.24. The molecule has 2 rings (SSSR count). The topological polar surface area (TPSA) is 69.6 Å². The Hall–Kier alpha value is -0.960. The highest BCUT2D eigenvalue weighted by Crippen LogP contribution is 2.32. The van der Waals surface area contributed by atoms with Gasteiger partial charge in [0.15, 0.2) is 0 Å². The van der Waals surface area contributed by atoms with Crippen LogP contribution in [0.1, 0.15) is 19.8 Å². The molecule has 2 amide bonds. The van der Waals surface area contributed by atoms with Crippen molar-refractivity contribution in [3.8, 4) is 0 Å². The van der Waals surface area contributed by atoms with E-state index < -0.39 is 12.0 Å². The summed E-state index contributed by atoms with van der Waals surface area (Å²) in [4.78, 5) is 25.2. The second-order valence-corrected chi connectivity index (χ2v) is 7.23. The number of aliphatic carboxylic acids is 1. The fraction of sp³-hybridized carbons (Fsp3) is 0.429. The molecule has 1 aromatic carbocycles. The Morgan fingerprint density at radius 3 is 2.67 bits per heavy atom. The first-order valence-corrected chi connectivity index (χ1v) is 8.85. The summed E-state index contributed by atoms with van der Waals surface area (Å²) in [6.45, 7) is 2.03. The van der Waals surface area contributed by atoms with E-state index in [4.69, 9.17) is 0 Å². The van der Waals surface area contributed by atoms with Crippen LogP contribution in [0.25, 0.3) is 0 Å². The molecule has 0 bridgehead atoms. The standard InChI is InChI=1S/C14H17IN2O3S/c1-2-3-12-17(11(8-21-12)13(18)19)14(20)16-10-6-4-9(15)5-7-10/h4-7,11-12H,2-3,8H2,1H3,(H,16,20)(H,18,19). The maximum atomic E-state index is 12.4. The van der Waals surface area contributed by atoms with E-state index >= 15 is 0 Å². The molecule has 2 atom stereocenters. The van der Waals surface area contributed by atoms with Crippen LogP contribution in [0.3, 0.4) is 0 Å². The molecular formula is C14H17IN2O3S. The first kappa shape index (κ1) is 16.4. The molecule has 0 saturated carbocycles. The number of benzene rings is 1. The molecule has 2 N–H and O–H groups in total. The van der Waals surface area contributed by atoms with Gasteiger partial charge in [0.1, 0.15) is 6.04 Å². The molecule has 0 aliphatic carbocycles. The summed E-state index contributed by atoms with van der Waals surface area (Å²) in [5, 5.41) is 12.0. The number of carboxylic acid groups (broad SMARTS) is 1. The second kappa shape index (κ2) is 7.35. The van der Waals surface area contributed by atoms with Crippen LogP contribution in [0.5, 0.6) is 0 Å². The Morgan fingerprint density at radius 1 is 1.43 bits per heavy atom. The average Bonchev–Trinajstić information content (AvgIpc) is 2.86. The molecule has 5 nitrogen and oxygen atoms in total. The highest BCUT2D eigenvalue weighted by molar-refractivity contribution is 14.1. The first-order valence-electron chi connectivity index (χ1n) is 6.72. The molecule has 2 unspecified atom stereocenters. The lowest BCUT2D eigenvalue weighted by molar-refractivity contribution is -0.141. The largest absolute Gasteiger partial charge is 0.480 e. The summed E-state index contributed by atoms with van der Waals surface area (Å²) in [5.74, 6) is -0.501. The Balaban J connectivity index is 2.12. The number of nitrogens with zero attached hydrogens (tertiary/aromatic N) is 1. The van der Waals surface area contributed by atoms with Crippen molar-refractivity contribution in [3.05, 3.63) is 27.8 Å². The SMILES string of the molecule is CCCC1SCC(C(=O)O)N1C(=O)Nc1ccc(I)cc1. The molecule has 7 heteroatoms. The van der Waals surface area contributed by atoms with Gasteiger partial charge in [-0.25, -0.2) is 9.59 Å². The van der Waals surface area contributed by atoms with E-state index in [9.17, 15) is 14.7 Å². The highest BCUT2D eigenvalue weighted by Gasteiger charge is 2.41. The molecule has 1 aliphatic rings. The number of thioether (sulfide) groups is 1. The summed E-state index contributed by atoms with van der Waals surface area (Å²) < 4.78 is 1.08. The zero-order valence-electron chi connectivity index (χ0n) is 11.6. The second-order valence-electron chi connectivity index (χ2n) is 4.78. The number of carboxylic acids is 1. The van der Waals surface area contributed by atoms with Gasteiger partial charge >= 0.3 is 12.0 Å². The zero-order chi connectivity index (χ0) is 15.4. The van der Waals surface area contributed by atoms with Gasteiger partial charge in [0.25, 0.3) is 0 Å². The third kappa shape index (κ3) is 4.03. The summed E-state index contributed by atoms with van der Waals surface area (Å²) in [5.41, 5.74) is 0.678. The van der Waals surface area contributed by atoms with Gasteiger partial charge in [-0.3, -0.25) is 4.90 Å². The normalized spacial score (nSPS) is 21.3. The summed E-state index contributed by atoms with van der Waals surface area (Å²) in [6, 6.07) is 6.32. The van der Waals surface area contributed by atoms with Crippen LogP contribution < -0.4 is 5.32 Å². The van der Waals surface area contributed by atoms with Gasteiger partial charge in [0, 0.05) is 15.0 Å². The number of amides is 2. The smallest absolute Gasteiger partial charge is 0.327 e. The van der Waals surface area contributed by atoms with Gasteiger partial charge in [0.05, 0.1) is 5.37 Å². The van der Waals surface area contributed by atoms with E-state index in [-0.39, 0.29) is 11.4 Å². The Bertz CT molecular complexity index is 523. The molecular weight excluding hydrogens is 403 g/mol. The number of carbonyl (C=O) groups excluding carboxylic acids is 1. The monoisotopic (exact) mass is 420 g/mol. The van der Waals surface area contributed by atoms with Crippen LogP contribution in [-0.4, -0.2) is 39.2 Å². The predicted molar refractivity (Wildman–Crippen MR) is 92.6 cm³/mol. The minimum atomic E-state index is -0.945. The molecule has 0 aromatic heterocycles. The molecule has 21 heavy (non-hydrogen) atoms. The van der Waals surface area contributed by atoms with E-state index in [0.717, 1.165) is 16.4 Å². The van der Waals surface area contributed by atoms with Crippen molar-refractivity contribution < 1.29 is 14.7 Å². The van der Waals surface area contributed by atoms with E-state index in [2.05, 4.69) is 27.9 Å². The third-order valence-corrected chi connectivity index (χ3v) is 5.32. The van der Waals surface area contributed by atoms with E-state index in [1.807, 2.05) is 31.2 Å². The van der Waals surface area contributed by atoms with Gasteiger partial charge in [-0.2, -0.15) is 0 Å².